The van der Waals surface area contributed by atoms with Gasteiger partial charge in [0.1, 0.15) is 5.02 Å². The van der Waals surface area contributed by atoms with E-state index in [1.54, 1.807) is 43.0 Å². The number of nitrogens with zero attached hydrogens (tertiary/aromatic N) is 8. The number of fused-ring (bicyclic) bond motifs is 2. The lowest BCUT2D eigenvalue weighted by Gasteiger charge is -2.38. The molecule has 16 heteroatoms. The molecule has 4 N–H and O–H groups in total. The topological polar surface area (TPSA) is 176 Å². The number of carbonyl (C=O) groups is 2. The number of rotatable bonds is 11. The van der Waals surface area contributed by atoms with Gasteiger partial charge in [0.25, 0.3) is 0 Å². The molecule has 2 aliphatic heterocycles. The molecule has 2 saturated heterocycles. The molecule has 2 fully saturated rings. The third kappa shape index (κ3) is 8.05. The maximum absolute atomic E-state index is 13.6. The molecular weight excluding hydrogens is 724 g/mol. The molecule has 0 aliphatic carbocycles. The zero-order chi connectivity index (χ0) is 39.4. The van der Waals surface area contributed by atoms with E-state index in [-0.39, 0.29) is 30.1 Å². The number of benzene rings is 2. The van der Waals surface area contributed by atoms with Gasteiger partial charge >= 0.3 is 5.69 Å². The fourth-order valence-corrected chi connectivity index (χ4v) is 7.79. The van der Waals surface area contributed by atoms with Gasteiger partial charge in [-0.3, -0.25) is 28.7 Å². The molecule has 5 aromatic rings. The molecule has 0 spiro atoms. The Balaban J connectivity index is 1.06. The first-order chi connectivity index (χ1) is 26.0. The SMILES string of the molecule is CN(c1ncc(Cl)c(Nc2ccc3c(c2)n(CCC(C)(C)O)c(=O)n3CC(C)(C)O)n1)C1CCN(c2ccc3c(C4CCC(=O)NC4=O)nn(C)c3c2)CC1. The Bertz CT molecular complexity index is 2330. The molecule has 55 heavy (non-hydrogen) atoms. The van der Waals surface area contributed by atoms with Crippen LogP contribution < -0.4 is 26.1 Å². The van der Waals surface area contributed by atoms with Crippen LogP contribution in [0.1, 0.15) is 71.4 Å². The summed E-state index contributed by atoms with van der Waals surface area (Å²) in [5, 5.41) is 32.7. The van der Waals surface area contributed by atoms with Gasteiger partial charge in [-0.2, -0.15) is 10.1 Å². The van der Waals surface area contributed by atoms with Crippen LogP contribution in [0.25, 0.3) is 21.9 Å². The number of hydrogen-bond donors (Lipinski definition) is 4. The van der Waals surface area contributed by atoms with Crippen molar-refractivity contribution in [2.24, 2.45) is 7.05 Å². The average molecular weight is 773 g/mol. The molecule has 2 amide bonds. The first-order valence-electron chi connectivity index (χ1n) is 18.7. The lowest BCUT2D eigenvalue weighted by molar-refractivity contribution is -0.134. The number of anilines is 4. The van der Waals surface area contributed by atoms with E-state index in [4.69, 9.17) is 21.7 Å². The van der Waals surface area contributed by atoms with Gasteiger partial charge in [0.2, 0.25) is 17.8 Å². The van der Waals surface area contributed by atoms with Crippen LogP contribution in [-0.2, 0) is 29.7 Å². The number of carbonyl (C=O) groups excluding carboxylic acids is 2. The monoisotopic (exact) mass is 772 g/mol. The second-order valence-corrected chi connectivity index (χ2v) is 16.5. The normalized spacial score (nSPS) is 17.3. The molecule has 2 aliphatic rings. The summed E-state index contributed by atoms with van der Waals surface area (Å²) in [4.78, 5) is 51.7. The standard InChI is InChI=1S/C39H49ClN10O5/c1-38(2,54)15-18-49-31-19-23(7-11-29(31)50(37(49)53)22-39(3,4)55)42-34-28(40)21-41-36(44-34)46(5)24-13-16-48(17-14-24)25-8-9-26-30(20-25)47(6)45-33(26)27-10-12-32(51)43-35(27)52/h7-9,11,19-21,24,27,54-55H,10,12-18,22H2,1-6H3,(H,41,42,44)(H,43,51,52). The highest BCUT2D eigenvalue weighted by molar-refractivity contribution is 6.33. The number of piperidine rings is 2. The molecule has 0 saturated carbocycles. The van der Waals surface area contributed by atoms with E-state index in [1.807, 2.05) is 43.0 Å². The van der Waals surface area contributed by atoms with E-state index in [9.17, 15) is 24.6 Å². The molecule has 0 bridgehead atoms. The molecule has 1 unspecified atom stereocenters. The predicted molar refractivity (Wildman–Crippen MR) is 213 cm³/mol. The lowest BCUT2D eigenvalue weighted by Crippen LogP contribution is -2.44. The van der Waals surface area contributed by atoms with Crippen LogP contribution in [0.4, 0.5) is 23.1 Å². The molecule has 15 nitrogen and oxygen atoms in total. The first kappa shape index (κ1) is 38.3. The van der Waals surface area contributed by atoms with Gasteiger partial charge in [-0.1, -0.05) is 11.6 Å². The molecule has 1 atom stereocenters. The third-order valence-corrected chi connectivity index (χ3v) is 10.9. The van der Waals surface area contributed by atoms with Crippen LogP contribution in [0.3, 0.4) is 0 Å². The molecular formula is C39H49ClN10O5. The summed E-state index contributed by atoms with van der Waals surface area (Å²) >= 11 is 6.62. The predicted octanol–water partition coefficient (Wildman–Crippen LogP) is 4.43. The van der Waals surface area contributed by atoms with Crippen LogP contribution >= 0.6 is 11.6 Å². The Hall–Kier alpha value is -4.99. The number of amides is 2. The molecule has 292 valence electrons. The lowest BCUT2D eigenvalue weighted by atomic mass is 9.92. The highest BCUT2D eigenvalue weighted by atomic mass is 35.5. The van der Waals surface area contributed by atoms with Crippen LogP contribution in [0.5, 0.6) is 0 Å². The van der Waals surface area contributed by atoms with Gasteiger partial charge in [0, 0.05) is 63.0 Å². The van der Waals surface area contributed by atoms with E-state index < -0.39 is 17.1 Å². The minimum Gasteiger partial charge on any atom is -0.390 e. The van der Waals surface area contributed by atoms with Crippen LogP contribution in [-0.4, -0.2) is 88.3 Å². The van der Waals surface area contributed by atoms with E-state index in [0.29, 0.717) is 65.0 Å². The van der Waals surface area contributed by atoms with Crippen LogP contribution in [0.2, 0.25) is 5.02 Å². The summed E-state index contributed by atoms with van der Waals surface area (Å²) in [6.07, 6.45) is 4.46. The fraction of sp³-hybridized carbons (Fsp3) is 0.487. The Kier molecular flexibility index (Phi) is 10.2. The van der Waals surface area contributed by atoms with Crippen molar-refractivity contribution in [2.75, 3.05) is 35.3 Å². The summed E-state index contributed by atoms with van der Waals surface area (Å²) in [5.41, 5.74) is 2.40. The van der Waals surface area contributed by atoms with Crippen molar-refractivity contribution in [1.29, 1.82) is 0 Å². The summed E-state index contributed by atoms with van der Waals surface area (Å²) in [7, 11) is 3.87. The molecule has 7 rings (SSSR count). The van der Waals surface area contributed by atoms with Crippen LogP contribution in [0, 0.1) is 0 Å². The van der Waals surface area contributed by atoms with Crippen molar-refractivity contribution in [1.82, 2.24) is 34.2 Å². The average Bonchev–Trinajstić information content (AvgIpc) is 3.58. The van der Waals surface area contributed by atoms with Gasteiger partial charge in [0.15, 0.2) is 5.82 Å². The number of aryl methyl sites for hydroxylation is 2. The zero-order valence-electron chi connectivity index (χ0n) is 32.1. The maximum Gasteiger partial charge on any atom is 0.329 e. The largest absolute Gasteiger partial charge is 0.390 e. The number of nitrogens with one attached hydrogen (secondary N) is 2. The Morgan fingerprint density at radius 1 is 0.964 bits per heavy atom. The van der Waals surface area contributed by atoms with Crippen molar-refractivity contribution >= 4 is 68.5 Å². The third-order valence-electron chi connectivity index (χ3n) is 10.6. The van der Waals surface area contributed by atoms with E-state index >= 15 is 0 Å². The number of aliphatic hydroxyl groups is 2. The number of hydrogen-bond acceptors (Lipinski definition) is 11. The van der Waals surface area contributed by atoms with Gasteiger partial charge in [-0.15, -0.1) is 0 Å². The summed E-state index contributed by atoms with van der Waals surface area (Å²) in [5.74, 6) is -0.0158. The van der Waals surface area contributed by atoms with E-state index in [2.05, 4.69) is 37.6 Å². The Morgan fingerprint density at radius 3 is 2.40 bits per heavy atom. The quantitative estimate of drug-likeness (QED) is 0.140. The summed E-state index contributed by atoms with van der Waals surface area (Å²) in [6, 6.07) is 12.0. The smallest absolute Gasteiger partial charge is 0.329 e. The zero-order valence-corrected chi connectivity index (χ0v) is 32.9. The van der Waals surface area contributed by atoms with Gasteiger partial charge in [-0.25, -0.2) is 9.78 Å². The van der Waals surface area contributed by atoms with E-state index in [0.717, 1.165) is 42.5 Å². The van der Waals surface area contributed by atoms with Gasteiger partial charge < -0.3 is 25.3 Å². The Morgan fingerprint density at radius 2 is 1.71 bits per heavy atom. The van der Waals surface area contributed by atoms with Crippen molar-refractivity contribution in [3.05, 3.63) is 63.8 Å². The Labute approximate surface area is 323 Å². The summed E-state index contributed by atoms with van der Waals surface area (Å²) in [6.45, 7) is 8.80. The van der Waals surface area contributed by atoms with Gasteiger partial charge in [-0.05, 0) is 89.8 Å². The van der Waals surface area contributed by atoms with Crippen molar-refractivity contribution < 1.29 is 19.8 Å². The maximum atomic E-state index is 13.6. The second kappa shape index (κ2) is 14.6. The molecule has 0 radical (unpaired) electrons. The van der Waals surface area contributed by atoms with E-state index in [1.165, 1.54) is 0 Å². The minimum absolute atomic E-state index is 0.115. The highest BCUT2D eigenvalue weighted by Gasteiger charge is 2.32. The van der Waals surface area contributed by atoms with Crippen molar-refractivity contribution in [3.8, 4) is 0 Å². The van der Waals surface area contributed by atoms with Gasteiger partial charge in [0.05, 0.1) is 52.1 Å². The number of halogens is 1. The highest BCUT2D eigenvalue weighted by Crippen LogP contribution is 2.34. The second-order valence-electron chi connectivity index (χ2n) is 16.1. The molecule has 3 aromatic heterocycles. The van der Waals surface area contributed by atoms with Crippen molar-refractivity contribution in [2.45, 2.75) is 96.1 Å². The molecule has 5 heterocycles. The number of aromatic nitrogens is 6. The summed E-state index contributed by atoms with van der Waals surface area (Å²) < 4.78 is 5.01. The number of imide groups is 1. The fourth-order valence-electron chi connectivity index (χ4n) is 7.65. The molecule has 2 aromatic carbocycles. The first-order valence-corrected chi connectivity index (χ1v) is 19.1. The minimum atomic E-state index is -1.11. The van der Waals surface area contributed by atoms with Crippen LogP contribution in [0.15, 0.2) is 47.4 Å². The number of imidazole rings is 1. The van der Waals surface area contributed by atoms with Crippen molar-refractivity contribution in [3.63, 3.8) is 0 Å².